The van der Waals surface area contributed by atoms with Gasteiger partial charge in [0.1, 0.15) is 5.60 Å². The standard InChI is InChI=1S/C16H24N2O2/c1-12-9-13(2)11-14(10-12)18(3)15(19)16(20-4)5-7-17-8-6-16/h9-11,17H,5-8H2,1-4H3. The zero-order valence-electron chi connectivity index (χ0n) is 12.8. The maximum Gasteiger partial charge on any atom is 0.259 e. The quantitative estimate of drug-likeness (QED) is 0.918. The highest BCUT2D eigenvalue weighted by Crippen LogP contribution is 2.28. The summed E-state index contributed by atoms with van der Waals surface area (Å²) in [7, 11) is 3.47. The fourth-order valence-electron chi connectivity index (χ4n) is 2.90. The molecule has 2 rings (SSSR count). The van der Waals surface area contributed by atoms with E-state index >= 15 is 0 Å². The highest BCUT2D eigenvalue weighted by molar-refractivity contribution is 5.99. The molecule has 20 heavy (non-hydrogen) atoms. The van der Waals surface area contributed by atoms with E-state index in [4.69, 9.17) is 4.74 Å². The first-order valence-electron chi connectivity index (χ1n) is 7.11. The first-order valence-corrected chi connectivity index (χ1v) is 7.11. The predicted octanol–water partition coefficient (Wildman–Crippen LogP) is 2.03. The maximum atomic E-state index is 12.8. The van der Waals surface area contributed by atoms with Crippen molar-refractivity contribution in [2.75, 3.05) is 32.1 Å². The summed E-state index contributed by atoms with van der Waals surface area (Å²) in [5, 5.41) is 3.27. The maximum absolute atomic E-state index is 12.8. The zero-order valence-corrected chi connectivity index (χ0v) is 12.8. The molecule has 0 unspecified atom stereocenters. The molecule has 1 saturated heterocycles. The van der Waals surface area contributed by atoms with Gasteiger partial charge in [0.05, 0.1) is 0 Å². The molecule has 0 saturated carbocycles. The lowest BCUT2D eigenvalue weighted by atomic mass is 9.90. The molecule has 0 spiro atoms. The molecular formula is C16H24N2O2. The van der Waals surface area contributed by atoms with Gasteiger partial charge in [-0.15, -0.1) is 0 Å². The Morgan fingerprint density at radius 1 is 1.20 bits per heavy atom. The molecule has 0 aromatic heterocycles. The lowest BCUT2D eigenvalue weighted by Gasteiger charge is -2.37. The van der Waals surface area contributed by atoms with Gasteiger partial charge in [0.2, 0.25) is 0 Å². The van der Waals surface area contributed by atoms with Crippen LogP contribution in [0.1, 0.15) is 24.0 Å². The summed E-state index contributed by atoms with van der Waals surface area (Å²) in [4.78, 5) is 14.6. The number of nitrogens with zero attached hydrogens (tertiary/aromatic N) is 1. The number of nitrogens with one attached hydrogen (secondary N) is 1. The molecule has 0 radical (unpaired) electrons. The van der Waals surface area contributed by atoms with Gasteiger partial charge in [0.15, 0.2) is 0 Å². The van der Waals surface area contributed by atoms with Gasteiger partial charge in [-0.3, -0.25) is 4.79 Å². The molecule has 1 amide bonds. The number of hydrogen-bond donors (Lipinski definition) is 1. The summed E-state index contributed by atoms with van der Waals surface area (Å²) in [6.07, 6.45) is 1.44. The third-order valence-corrected chi connectivity index (χ3v) is 4.09. The van der Waals surface area contributed by atoms with Gasteiger partial charge in [-0.1, -0.05) is 6.07 Å². The Morgan fingerprint density at radius 3 is 2.25 bits per heavy atom. The van der Waals surface area contributed by atoms with Gasteiger partial charge in [-0.25, -0.2) is 0 Å². The van der Waals surface area contributed by atoms with Crippen LogP contribution in [0.2, 0.25) is 0 Å². The summed E-state index contributed by atoms with van der Waals surface area (Å²) in [5.41, 5.74) is 2.58. The van der Waals surface area contributed by atoms with E-state index < -0.39 is 5.60 Å². The van der Waals surface area contributed by atoms with Crippen LogP contribution in [0.3, 0.4) is 0 Å². The van der Waals surface area contributed by atoms with E-state index in [0.29, 0.717) is 0 Å². The number of carbonyl (C=O) groups excluding carboxylic acids is 1. The van der Waals surface area contributed by atoms with Crippen molar-refractivity contribution >= 4 is 11.6 Å². The van der Waals surface area contributed by atoms with E-state index in [2.05, 4.69) is 11.4 Å². The number of anilines is 1. The minimum atomic E-state index is -0.683. The number of ether oxygens (including phenoxy) is 1. The Morgan fingerprint density at radius 2 is 1.75 bits per heavy atom. The van der Waals surface area contributed by atoms with Gasteiger partial charge < -0.3 is 15.0 Å². The second kappa shape index (κ2) is 5.94. The number of piperidine rings is 1. The molecule has 0 atom stereocenters. The van der Waals surface area contributed by atoms with Gasteiger partial charge in [-0.2, -0.15) is 0 Å². The van der Waals surface area contributed by atoms with Crippen molar-refractivity contribution in [1.82, 2.24) is 5.32 Å². The van der Waals surface area contributed by atoms with Crippen LogP contribution in [0.5, 0.6) is 0 Å². The Balaban J connectivity index is 2.26. The van der Waals surface area contributed by atoms with Crippen molar-refractivity contribution in [3.05, 3.63) is 29.3 Å². The summed E-state index contributed by atoms with van der Waals surface area (Å²) >= 11 is 0. The molecule has 1 N–H and O–H groups in total. The number of rotatable bonds is 3. The van der Waals surface area contributed by atoms with E-state index in [-0.39, 0.29) is 5.91 Å². The van der Waals surface area contributed by atoms with Crippen molar-refractivity contribution in [1.29, 1.82) is 0 Å². The van der Waals surface area contributed by atoms with Crippen LogP contribution in [-0.4, -0.2) is 38.8 Å². The molecule has 1 aromatic rings. The number of amides is 1. The van der Waals surface area contributed by atoms with Crippen molar-refractivity contribution in [3.63, 3.8) is 0 Å². The number of benzene rings is 1. The zero-order chi connectivity index (χ0) is 14.8. The van der Waals surface area contributed by atoms with Crippen molar-refractivity contribution < 1.29 is 9.53 Å². The van der Waals surface area contributed by atoms with Crippen LogP contribution < -0.4 is 10.2 Å². The summed E-state index contributed by atoms with van der Waals surface area (Å²) in [5.74, 6) is 0.0477. The minimum Gasteiger partial charge on any atom is -0.368 e. The van der Waals surface area contributed by atoms with Crippen LogP contribution in [-0.2, 0) is 9.53 Å². The molecule has 1 fully saturated rings. The lowest BCUT2D eigenvalue weighted by Crippen LogP contribution is -2.54. The molecule has 0 bridgehead atoms. The molecule has 4 nitrogen and oxygen atoms in total. The molecule has 1 aliphatic rings. The average molecular weight is 276 g/mol. The SMILES string of the molecule is COC1(C(=O)N(C)c2cc(C)cc(C)c2)CCNCC1. The van der Waals surface area contributed by atoms with Crippen LogP contribution in [0.15, 0.2) is 18.2 Å². The monoisotopic (exact) mass is 276 g/mol. The average Bonchev–Trinajstić information content (AvgIpc) is 2.45. The Bertz CT molecular complexity index is 473. The van der Waals surface area contributed by atoms with Gasteiger partial charge in [0.25, 0.3) is 5.91 Å². The smallest absolute Gasteiger partial charge is 0.259 e. The molecule has 1 heterocycles. The minimum absolute atomic E-state index is 0.0477. The van der Waals surface area contributed by atoms with Crippen LogP contribution in [0.4, 0.5) is 5.69 Å². The van der Waals surface area contributed by atoms with Gasteiger partial charge in [0, 0.05) is 19.8 Å². The Labute approximate surface area is 121 Å². The Hall–Kier alpha value is -1.39. The topological polar surface area (TPSA) is 41.6 Å². The molecule has 0 aliphatic carbocycles. The fourth-order valence-corrected chi connectivity index (χ4v) is 2.90. The summed E-state index contributed by atoms with van der Waals surface area (Å²) < 4.78 is 5.61. The van der Waals surface area contributed by atoms with E-state index in [0.717, 1.165) is 42.7 Å². The van der Waals surface area contributed by atoms with E-state index in [1.54, 1.807) is 12.0 Å². The second-order valence-electron chi connectivity index (χ2n) is 5.66. The number of aryl methyl sites for hydroxylation is 2. The van der Waals surface area contributed by atoms with Crippen molar-refractivity contribution in [2.45, 2.75) is 32.3 Å². The Kier molecular flexibility index (Phi) is 4.45. The third-order valence-electron chi connectivity index (χ3n) is 4.09. The van der Waals surface area contributed by atoms with Crippen LogP contribution in [0.25, 0.3) is 0 Å². The van der Waals surface area contributed by atoms with Crippen LogP contribution >= 0.6 is 0 Å². The lowest BCUT2D eigenvalue weighted by molar-refractivity contribution is -0.143. The van der Waals surface area contributed by atoms with E-state index in [1.807, 2.05) is 33.0 Å². The van der Waals surface area contributed by atoms with E-state index in [1.165, 1.54) is 0 Å². The summed E-state index contributed by atoms with van der Waals surface area (Å²) in [6.45, 7) is 5.73. The molecular weight excluding hydrogens is 252 g/mol. The van der Waals surface area contributed by atoms with Crippen LogP contribution in [0, 0.1) is 13.8 Å². The molecule has 1 aromatic carbocycles. The molecule has 4 heteroatoms. The third kappa shape index (κ3) is 2.86. The number of carbonyl (C=O) groups is 1. The van der Waals surface area contributed by atoms with Gasteiger partial charge >= 0.3 is 0 Å². The van der Waals surface area contributed by atoms with Crippen molar-refractivity contribution in [2.24, 2.45) is 0 Å². The number of hydrogen-bond acceptors (Lipinski definition) is 3. The highest BCUT2D eigenvalue weighted by atomic mass is 16.5. The highest BCUT2D eigenvalue weighted by Gasteiger charge is 2.41. The second-order valence-corrected chi connectivity index (χ2v) is 5.66. The summed E-state index contributed by atoms with van der Waals surface area (Å²) in [6, 6.07) is 6.18. The first-order chi connectivity index (χ1) is 9.48. The fraction of sp³-hybridized carbons (Fsp3) is 0.562. The largest absolute Gasteiger partial charge is 0.368 e. The molecule has 1 aliphatic heterocycles. The predicted molar refractivity (Wildman–Crippen MR) is 81.2 cm³/mol. The van der Waals surface area contributed by atoms with Gasteiger partial charge in [-0.05, 0) is 63.0 Å². The normalized spacial score (nSPS) is 17.8. The first kappa shape index (κ1) is 15.0. The number of likely N-dealkylation sites (N-methyl/N-ethyl adjacent to an activating group) is 1. The van der Waals surface area contributed by atoms with Crippen molar-refractivity contribution in [3.8, 4) is 0 Å². The molecule has 110 valence electrons. The number of methoxy groups -OCH3 is 1. The van der Waals surface area contributed by atoms with E-state index in [9.17, 15) is 4.79 Å².